The third-order valence-electron chi connectivity index (χ3n) is 0.517. The topological polar surface area (TPSA) is 80.0 Å². The molecule has 0 spiro atoms. The van der Waals surface area contributed by atoms with Crippen molar-refractivity contribution in [2.75, 3.05) is 20.2 Å². The standard InChI is InChI=1S/C4H9NO5/c5-8-4-10-9-3-7-2-1-6/h1H,2-5H2. The van der Waals surface area contributed by atoms with E-state index in [0.29, 0.717) is 6.29 Å². The molecule has 10 heavy (non-hydrogen) atoms. The average molecular weight is 151 g/mol. The van der Waals surface area contributed by atoms with Gasteiger partial charge in [-0.3, -0.25) is 4.84 Å². The Kier molecular flexibility index (Phi) is 8.02. The number of rotatable bonds is 7. The maximum absolute atomic E-state index is 9.63. The smallest absolute Gasteiger partial charge is 0.200 e. The normalized spacial score (nSPS) is 9.70. The molecule has 0 unspecified atom stereocenters. The van der Waals surface area contributed by atoms with Crippen LogP contribution in [-0.2, 0) is 24.1 Å². The van der Waals surface area contributed by atoms with Gasteiger partial charge in [0.1, 0.15) is 12.9 Å². The van der Waals surface area contributed by atoms with E-state index in [1.807, 2.05) is 0 Å². The van der Waals surface area contributed by atoms with Crippen molar-refractivity contribution in [2.24, 2.45) is 5.90 Å². The van der Waals surface area contributed by atoms with Crippen LogP contribution in [0.2, 0.25) is 0 Å². The predicted octanol–water partition coefficient (Wildman–Crippen LogP) is -1.04. The molecule has 0 saturated heterocycles. The molecule has 0 fully saturated rings. The maximum atomic E-state index is 9.63. The van der Waals surface area contributed by atoms with Crippen molar-refractivity contribution in [3.8, 4) is 0 Å². The van der Waals surface area contributed by atoms with Gasteiger partial charge >= 0.3 is 0 Å². The van der Waals surface area contributed by atoms with Crippen molar-refractivity contribution >= 4 is 6.29 Å². The van der Waals surface area contributed by atoms with Crippen molar-refractivity contribution in [3.05, 3.63) is 0 Å². The lowest BCUT2D eigenvalue weighted by atomic mass is 10.8. The highest BCUT2D eigenvalue weighted by Gasteiger charge is 1.86. The molecule has 0 amide bonds. The van der Waals surface area contributed by atoms with Crippen molar-refractivity contribution in [1.29, 1.82) is 0 Å². The van der Waals surface area contributed by atoms with Crippen LogP contribution in [0.5, 0.6) is 0 Å². The fourth-order valence-corrected chi connectivity index (χ4v) is 0.226. The molecule has 0 aliphatic rings. The molecule has 0 aliphatic carbocycles. The van der Waals surface area contributed by atoms with Crippen LogP contribution in [0.25, 0.3) is 0 Å². The van der Waals surface area contributed by atoms with E-state index in [1.165, 1.54) is 0 Å². The fourth-order valence-electron chi connectivity index (χ4n) is 0.226. The Morgan fingerprint density at radius 2 is 2.00 bits per heavy atom. The van der Waals surface area contributed by atoms with Gasteiger partial charge in [0.25, 0.3) is 0 Å². The molecule has 0 aromatic heterocycles. The minimum Gasteiger partial charge on any atom is -0.345 e. The summed E-state index contributed by atoms with van der Waals surface area (Å²) in [6, 6.07) is 0. The second-order valence-electron chi connectivity index (χ2n) is 1.18. The molecule has 0 saturated carbocycles. The Morgan fingerprint density at radius 1 is 1.30 bits per heavy atom. The van der Waals surface area contributed by atoms with Gasteiger partial charge in [-0.2, -0.15) is 0 Å². The van der Waals surface area contributed by atoms with E-state index in [9.17, 15) is 4.79 Å². The van der Waals surface area contributed by atoms with Crippen LogP contribution in [0.15, 0.2) is 0 Å². The molecule has 0 atom stereocenters. The highest BCUT2D eigenvalue weighted by molar-refractivity contribution is 5.50. The van der Waals surface area contributed by atoms with Crippen molar-refractivity contribution in [3.63, 3.8) is 0 Å². The summed E-state index contributed by atoms with van der Waals surface area (Å²) in [6.07, 6.45) is 0.600. The number of carbonyl (C=O) groups excluding carboxylic acids is 1. The summed E-state index contributed by atoms with van der Waals surface area (Å²) in [5, 5.41) is 0. The van der Waals surface area contributed by atoms with Gasteiger partial charge in [-0.15, -0.1) is 0 Å². The summed E-state index contributed by atoms with van der Waals surface area (Å²) in [6.45, 7) is -0.320. The Balaban J connectivity index is 2.70. The summed E-state index contributed by atoms with van der Waals surface area (Å²) in [5.74, 6) is 4.57. The largest absolute Gasteiger partial charge is 0.345 e. The predicted molar refractivity (Wildman–Crippen MR) is 29.2 cm³/mol. The van der Waals surface area contributed by atoms with Gasteiger partial charge in [0, 0.05) is 0 Å². The van der Waals surface area contributed by atoms with Gasteiger partial charge in [-0.25, -0.2) is 15.7 Å². The van der Waals surface area contributed by atoms with Crippen LogP contribution in [0.3, 0.4) is 0 Å². The summed E-state index contributed by atoms with van der Waals surface area (Å²) in [7, 11) is 0. The van der Waals surface area contributed by atoms with E-state index in [0.717, 1.165) is 0 Å². The van der Waals surface area contributed by atoms with Gasteiger partial charge in [-0.1, -0.05) is 0 Å². The van der Waals surface area contributed by atoms with E-state index < -0.39 is 0 Å². The first-order valence-corrected chi connectivity index (χ1v) is 2.49. The average Bonchev–Trinajstić information content (AvgIpc) is 1.97. The molecule has 6 heteroatoms. The number of hydrogen-bond donors (Lipinski definition) is 1. The molecule has 2 N–H and O–H groups in total. The van der Waals surface area contributed by atoms with Gasteiger partial charge in [-0.05, 0) is 0 Å². The quantitative estimate of drug-likeness (QED) is 0.164. The van der Waals surface area contributed by atoms with Crippen LogP contribution < -0.4 is 5.90 Å². The fraction of sp³-hybridized carbons (Fsp3) is 0.750. The molecule has 6 nitrogen and oxygen atoms in total. The minimum absolute atomic E-state index is 0.0210. The first-order chi connectivity index (χ1) is 4.91. The molecule has 0 radical (unpaired) electrons. The summed E-state index contributed by atoms with van der Waals surface area (Å²) in [5.41, 5.74) is 0. The minimum atomic E-state index is -0.176. The number of nitrogens with two attached hydrogens (primary N) is 1. The Hall–Kier alpha value is -0.530. The summed E-state index contributed by atoms with van der Waals surface area (Å²) >= 11 is 0. The third kappa shape index (κ3) is 7.47. The van der Waals surface area contributed by atoms with Crippen LogP contribution in [0.4, 0.5) is 0 Å². The molecule has 0 aromatic carbocycles. The monoisotopic (exact) mass is 151 g/mol. The van der Waals surface area contributed by atoms with Crippen molar-refractivity contribution in [1.82, 2.24) is 0 Å². The lowest BCUT2D eigenvalue weighted by Crippen LogP contribution is -2.08. The zero-order valence-electron chi connectivity index (χ0n) is 5.32. The van der Waals surface area contributed by atoms with E-state index in [4.69, 9.17) is 0 Å². The molecular weight excluding hydrogens is 142 g/mol. The van der Waals surface area contributed by atoms with Crippen molar-refractivity contribution in [2.45, 2.75) is 0 Å². The molecule has 0 rings (SSSR count). The Labute approximate surface area is 57.7 Å². The van der Waals surface area contributed by atoms with E-state index in [2.05, 4.69) is 25.2 Å². The lowest BCUT2D eigenvalue weighted by molar-refractivity contribution is -0.368. The van der Waals surface area contributed by atoms with Crippen LogP contribution in [0.1, 0.15) is 0 Å². The second-order valence-corrected chi connectivity index (χ2v) is 1.18. The molecule has 0 aliphatic heterocycles. The number of ether oxygens (including phenoxy) is 1. The summed E-state index contributed by atoms with van der Waals surface area (Å²) < 4.78 is 4.52. The molecule has 0 aromatic rings. The zero-order valence-corrected chi connectivity index (χ0v) is 5.32. The van der Waals surface area contributed by atoms with Crippen LogP contribution in [-0.4, -0.2) is 26.5 Å². The molecule has 0 bridgehead atoms. The lowest BCUT2D eigenvalue weighted by Gasteiger charge is -2.00. The van der Waals surface area contributed by atoms with E-state index in [-0.39, 0.29) is 20.2 Å². The zero-order chi connectivity index (χ0) is 7.66. The van der Waals surface area contributed by atoms with Gasteiger partial charge in [0.05, 0.1) is 0 Å². The molecular formula is C4H9NO5. The second kappa shape index (κ2) is 8.47. The molecule has 60 valence electrons. The highest BCUT2D eigenvalue weighted by Crippen LogP contribution is 1.78. The SMILES string of the molecule is NOCOOCOCC=O. The van der Waals surface area contributed by atoms with Gasteiger partial charge < -0.3 is 9.53 Å². The first-order valence-electron chi connectivity index (χ1n) is 2.49. The van der Waals surface area contributed by atoms with Gasteiger partial charge in [0.15, 0.2) is 6.79 Å². The Morgan fingerprint density at radius 3 is 2.60 bits per heavy atom. The maximum Gasteiger partial charge on any atom is 0.200 e. The third-order valence-corrected chi connectivity index (χ3v) is 0.517. The first kappa shape index (κ1) is 9.47. The van der Waals surface area contributed by atoms with E-state index in [1.54, 1.807) is 0 Å². The van der Waals surface area contributed by atoms with Crippen LogP contribution in [0, 0.1) is 0 Å². The van der Waals surface area contributed by atoms with E-state index >= 15 is 0 Å². The van der Waals surface area contributed by atoms with Crippen LogP contribution >= 0.6 is 0 Å². The number of aldehydes is 1. The number of hydrogen-bond acceptors (Lipinski definition) is 6. The number of carbonyl (C=O) groups is 1. The van der Waals surface area contributed by atoms with Crippen molar-refractivity contribution < 1.29 is 24.1 Å². The van der Waals surface area contributed by atoms with Gasteiger partial charge in [0.2, 0.25) is 6.79 Å². The Bertz CT molecular complexity index is 78.0. The summed E-state index contributed by atoms with van der Waals surface area (Å²) in [4.78, 5) is 22.1. The highest BCUT2D eigenvalue weighted by atomic mass is 17.2. The molecule has 0 heterocycles.